The number of nitrogens with zero attached hydrogens (tertiary/aromatic N) is 1. The maximum absolute atomic E-state index is 11.8. The second-order valence-corrected chi connectivity index (χ2v) is 4.39. The molecule has 0 radical (unpaired) electrons. The molecule has 0 spiro atoms. The molecule has 17 heavy (non-hydrogen) atoms. The lowest BCUT2D eigenvalue weighted by atomic mass is 9.94. The average Bonchev–Trinajstić information content (AvgIpc) is 2.66. The molecule has 0 saturated carbocycles. The van der Waals surface area contributed by atoms with Crippen molar-refractivity contribution in [3.63, 3.8) is 0 Å². The highest BCUT2D eigenvalue weighted by atomic mass is 16.6. The summed E-state index contributed by atoms with van der Waals surface area (Å²) in [7, 11) is 0. The number of phenols is 1. The van der Waals surface area contributed by atoms with Crippen molar-refractivity contribution >= 4 is 11.8 Å². The van der Waals surface area contributed by atoms with Gasteiger partial charge in [-0.1, -0.05) is 0 Å². The van der Waals surface area contributed by atoms with Crippen molar-refractivity contribution < 1.29 is 19.7 Å². The molecule has 0 bridgehead atoms. The molecule has 0 aliphatic carbocycles. The van der Waals surface area contributed by atoms with E-state index in [4.69, 9.17) is 4.74 Å². The summed E-state index contributed by atoms with van der Waals surface area (Å²) in [4.78, 5) is 13.3. The van der Waals surface area contributed by atoms with Crippen LogP contribution in [-0.2, 0) is 11.2 Å². The Balaban J connectivity index is 2.04. The molecule has 2 aliphatic rings. The molecule has 1 saturated heterocycles. The zero-order valence-corrected chi connectivity index (χ0v) is 9.17. The molecule has 2 heterocycles. The van der Waals surface area contributed by atoms with E-state index < -0.39 is 12.2 Å². The Labute approximate surface area is 98.2 Å². The van der Waals surface area contributed by atoms with E-state index >= 15 is 0 Å². The fraction of sp³-hybridized carbons (Fsp3) is 0.417. The van der Waals surface area contributed by atoms with Gasteiger partial charge in [-0.2, -0.15) is 0 Å². The van der Waals surface area contributed by atoms with E-state index in [0.29, 0.717) is 0 Å². The van der Waals surface area contributed by atoms with Gasteiger partial charge in [0.15, 0.2) is 0 Å². The Morgan fingerprint density at radius 3 is 3.06 bits per heavy atom. The van der Waals surface area contributed by atoms with E-state index in [0.717, 1.165) is 24.1 Å². The van der Waals surface area contributed by atoms with Crippen LogP contribution >= 0.6 is 0 Å². The van der Waals surface area contributed by atoms with Crippen LogP contribution in [0.2, 0.25) is 0 Å². The molecule has 5 nitrogen and oxygen atoms in total. The van der Waals surface area contributed by atoms with Crippen LogP contribution in [0.1, 0.15) is 12.0 Å². The van der Waals surface area contributed by atoms with Crippen molar-refractivity contribution in [1.82, 2.24) is 0 Å². The van der Waals surface area contributed by atoms with Crippen LogP contribution < -0.4 is 4.90 Å². The average molecular weight is 235 g/mol. The third-order valence-corrected chi connectivity index (χ3v) is 3.42. The Morgan fingerprint density at radius 1 is 1.47 bits per heavy atom. The number of aryl methyl sites for hydroxylation is 1. The van der Waals surface area contributed by atoms with Gasteiger partial charge in [-0.25, -0.2) is 4.79 Å². The third-order valence-electron chi connectivity index (χ3n) is 3.42. The summed E-state index contributed by atoms with van der Waals surface area (Å²) in [5, 5.41) is 18.6. The first-order valence-corrected chi connectivity index (χ1v) is 5.63. The monoisotopic (exact) mass is 235 g/mol. The van der Waals surface area contributed by atoms with Crippen LogP contribution in [0.4, 0.5) is 10.5 Å². The number of fused-ring (bicyclic) bond motifs is 3. The predicted octanol–water partition coefficient (Wildman–Crippen LogP) is 1.02. The predicted molar refractivity (Wildman–Crippen MR) is 60.0 cm³/mol. The lowest BCUT2D eigenvalue weighted by Crippen LogP contribution is -2.41. The van der Waals surface area contributed by atoms with E-state index in [1.165, 1.54) is 0 Å². The quantitative estimate of drug-likeness (QED) is 0.762. The van der Waals surface area contributed by atoms with Gasteiger partial charge >= 0.3 is 6.09 Å². The summed E-state index contributed by atoms with van der Waals surface area (Å²) in [5.41, 5.74) is 1.72. The highest BCUT2D eigenvalue weighted by Gasteiger charge is 2.44. The number of aliphatic hydroxyl groups excluding tert-OH is 1. The third kappa shape index (κ3) is 1.46. The number of carbonyl (C=O) groups is 1. The highest BCUT2D eigenvalue weighted by Crippen LogP contribution is 2.38. The zero-order valence-electron chi connectivity index (χ0n) is 9.17. The molecule has 1 aromatic rings. The van der Waals surface area contributed by atoms with Gasteiger partial charge in [0.2, 0.25) is 0 Å². The smallest absolute Gasteiger partial charge is 0.415 e. The van der Waals surface area contributed by atoms with Crippen LogP contribution in [0.15, 0.2) is 18.2 Å². The Bertz CT molecular complexity index is 474. The van der Waals surface area contributed by atoms with E-state index in [1.54, 1.807) is 23.1 Å². The van der Waals surface area contributed by atoms with Crippen molar-refractivity contribution in [2.45, 2.75) is 25.0 Å². The largest absolute Gasteiger partial charge is 0.508 e. The molecule has 2 atom stereocenters. The van der Waals surface area contributed by atoms with E-state index in [2.05, 4.69) is 0 Å². The maximum Gasteiger partial charge on any atom is 0.415 e. The lowest BCUT2D eigenvalue weighted by Gasteiger charge is -2.30. The van der Waals surface area contributed by atoms with Crippen molar-refractivity contribution in [3.05, 3.63) is 23.8 Å². The minimum atomic E-state index is -0.440. The Morgan fingerprint density at radius 2 is 2.29 bits per heavy atom. The zero-order chi connectivity index (χ0) is 12.0. The number of carbonyl (C=O) groups excluding carboxylic acids is 1. The van der Waals surface area contributed by atoms with Crippen LogP contribution in [0.25, 0.3) is 0 Å². The topological polar surface area (TPSA) is 70.0 Å². The second kappa shape index (κ2) is 3.63. The van der Waals surface area contributed by atoms with Gasteiger partial charge in [-0.3, -0.25) is 4.90 Å². The van der Waals surface area contributed by atoms with Gasteiger partial charge in [0.25, 0.3) is 0 Å². The summed E-state index contributed by atoms with van der Waals surface area (Å²) >= 11 is 0. The first kappa shape index (κ1) is 10.4. The van der Waals surface area contributed by atoms with E-state index in [-0.39, 0.29) is 18.4 Å². The van der Waals surface area contributed by atoms with Gasteiger partial charge in [0, 0.05) is 0 Å². The van der Waals surface area contributed by atoms with Gasteiger partial charge in [0.1, 0.15) is 11.9 Å². The van der Waals surface area contributed by atoms with Crippen LogP contribution in [0.3, 0.4) is 0 Å². The van der Waals surface area contributed by atoms with Crippen LogP contribution in [0.5, 0.6) is 5.75 Å². The number of rotatable bonds is 1. The highest BCUT2D eigenvalue weighted by molar-refractivity contribution is 5.92. The second-order valence-electron chi connectivity index (χ2n) is 4.39. The molecule has 2 aliphatic heterocycles. The van der Waals surface area contributed by atoms with Gasteiger partial charge in [-0.15, -0.1) is 0 Å². The number of ether oxygens (including phenoxy) is 1. The number of anilines is 1. The molecular formula is C12H13NO4. The Kier molecular flexibility index (Phi) is 2.22. The molecule has 1 amide bonds. The minimum absolute atomic E-state index is 0.0930. The molecule has 1 aromatic carbocycles. The summed E-state index contributed by atoms with van der Waals surface area (Å²) in [5.74, 6) is 0.202. The number of aliphatic hydroxyl groups is 1. The van der Waals surface area contributed by atoms with Crippen molar-refractivity contribution in [1.29, 1.82) is 0 Å². The van der Waals surface area contributed by atoms with E-state index in [9.17, 15) is 15.0 Å². The fourth-order valence-corrected chi connectivity index (χ4v) is 2.63. The summed E-state index contributed by atoms with van der Waals surface area (Å²) < 4.78 is 5.12. The van der Waals surface area contributed by atoms with Crippen molar-refractivity contribution in [3.8, 4) is 5.75 Å². The summed E-state index contributed by atoms with van der Waals surface area (Å²) in [6, 6.07) is 4.86. The van der Waals surface area contributed by atoms with Crippen LogP contribution in [0, 0.1) is 0 Å². The molecular weight excluding hydrogens is 222 g/mol. The van der Waals surface area contributed by atoms with E-state index in [1.807, 2.05) is 0 Å². The fourth-order valence-electron chi connectivity index (χ4n) is 2.63. The SMILES string of the molecule is O=C1OC(CO)C2CCc3cc(O)ccc3N12. The standard InChI is InChI=1S/C12H13NO4/c14-6-11-10-3-1-7-5-8(15)2-4-9(7)13(10)12(16)17-11/h2,4-5,10-11,14-15H,1,3,6H2. The number of cyclic esters (lactones) is 1. The molecule has 1 fully saturated rings. The number of phenolic OH excluding ortho intramolecular Hbond substituents is 1. The van der Waals surface area contributed by atoms with Crippen molar-refractivity contribution in [2.75, 3.05) is 11.5 Å². The number of hydrogen-bond acceptors (Lipinski definition) is 4. The van der Waals surface area contributed by atoms with Crippen LogP contribution in [-0.4, -0.2) is 35.1 Å². The van der Waals surface area contributed by atoms with Crippen molar-refractivity contribution in [2.24, 2.45) is 0 Å². The Hall–Kier alpha value is -1.75. The molecule has 2 unspecified atom stereocenters. The summed E-state index contributed by atoms with van der Waals surface area (Å²) in [6.45, 7) is -0.152. The number of amides is 1. The number of benzene rings is 1. The van der Waals surface area contributed by atoms with Gasteiger partial charge in [-0.05, 0) is 36.6 Å². The molecule has 3 rings (SSSR count). The first-order valence-electron chi connectivity index (χ1n) is 5.63. The molecule has 90 valence electrons. The lowest BCUT2D eigenvalue weighted by molar-refractivity contribution is 0.0817. The molecule has 5 heteroatoms. The first-order chi connectivity index (χ1) is 8.20. The normalized spacial score (nSPS) is 26.4. The number of aromatic hydroxyl groups is 1. The number of hydrogen-bond donors (Lipinski definition) is 2. The maximum atomic E-state index is 11.8. The van der Waals surface area contributed by atoms with Gasteiger partial charge < -0.3 is 14.9 Å². The van der Waals surface area contributed by atoms with Gasteiger partial charge in [0.05, 0.1) is 18.3 Å². The molecule has 0 aromatic heterocycles. The molecule has 2 N–H and O–H groups in total. The summed E-state index contributed by atoms with van der Waals surface area (Å²) in [6.07, 6.45) is 0.663. The minimum Gasteiger partial charge on any atom is -0.508 e.